The van der Waals surface area contributed by atoms with Crippen LogP contribution in [0.15, 0.2) is 34.9 Å². The molecule has 0 aliphatic carbocycles. The molecule has 6 nitrogen and oxygen atoms in total. The van der Waals surface area contributed by atoms with E-state index in [0.29, 0.717) is 11.7 Å². The van der Waals surface area contributed by atoms with Crippen molar-refractivity contribution >= 4 is 38.9 Å². The first-order valence-electron chi connectivity index (χ1n) is 9.23. The summed E-state index contributed by atoms with van der Waals surface area (Å²) in [5, 5.41) is 16.2. The summed E-state index contributed by atoms with van der Waals surface area (Å²) in [7, 11) is 0. The van der Waals surface area contributed by atoms with Crippen molar-refractivity contribution in [3.63, 3.8) is 0 Å². The Morgan fingerprint density at radius 1 is 1.14 bits per heavy atom. The zero-order chi connectivity index (χ0) is 20.3. The first-order chi connectivity index (χ1) is 13.4. The van der Waals surface area contributed by atoms with Crippen LogP contribution < -0.4 is 10.6 Å². The van der Waals surface area contributed by atoms with Crippen LogP contribution in [0.1, 0.15) is 35.1 Å². The monoisotopic (exact) mass is 460 g/mol. The number of nitrogens with one attached hydrogen (secondary N) is 2. The Balaban J connectivity index is 1.64. The van der Waals surface area contributed by atoms with Gasteiger partial charge in [0.1, 0.15) is 0 Å². The largest absolute Gasteiger partial charge is 0.357 e. The van der Waals surface area contributed by atoms with E-state index in [1.165, 1.54) is 11.1 Å². The summed E-state index contributed by atoms with van der Waals surface area (Å²) in [4.78, 5) is 0. The first-order valence-corrected chi connectivity index (χ1v) is 10.4. The van der Waals surface area contributed by atoms with Gasteiger partial charge >= 0.3 is 0 Å². The van der Waals surface area contributed by atoms with Crippen molar-refractivity contribution in [2.75, 3.05) is 5.32 Å². The van der Waals surface area contributed by atoms with E-state index < -0.39 is 0 Å². The number of rotatable bonds is 6. The molecule has 0 bridgehead atoms. The molecule has 0 radical (unpaired) electrons. The van der Waals surface area contributed by atoms with Crippen LogP contribution in [0.2, 0.25) is 0 Å². The minimum absolute atomic E-state index is 0.551. The van der Waals surface area contributed by atoms with Crippen molar-refractivity contribution in [1.82, 2.24) is 24.9 Å². The van der Waals surface area contributed by atoms with E-state index in [9.17, 15) is 0 Å². The van der Waals surface area contributed by atoms with Gasteiger partial charge in [-0.05, 0) is 61.4 Å². The molecule has 0 saturated carbocycles. The zero-order valence-corrected chi connectivity index (χ0v) is 19.0. The van der Waals surface area contributed by atoms with Crippen LogP contribution in [0, 0.1) is 20.8 Å². The number of benzene rings is 1. The van der Waals surface area contributed by atoms with Gasteiger partial charge in [-0.2, -0.15) is 10.2 Å². The van der Waals surface area contributed by atoms with Gasteiger partial charge in [0.05, 0.1) is 40.3 Å². The average molecular weight is 461 g/mol. The molecule has 2 N–H and O–H groups in total. The number of nitrogens with zero attached hydrogens (tertiary/aromatic N) is 4. The van der Waals surface area contributed by atoms with Gasteiger partial charge in [-0.15, -0.1) is 0 Å². The number of aryl methyl sites for hydroxylation is 3. The number of aromatic nitrogens is 4. The topological polar surface area (TPSA) is 59.7 Å². The van der Waals surface area contributed by atoms with Crippen molar-refractivity contribution < 1.29 is 0 Å². The molecule has 0 aliphatic heterocycles. The molecule has 8 heteroatoms. The maximum atomic E-state index is 5.48. The van der Waals surface area contributed by atoms with Gasteiger partial charge in [-0.1, -0.05) is 29.8 Å². The summed E-state index contributed by atoms with van der Waals surface area (Å²) in [5.74, 6) is 0. The van der Waals surface area contributed by atoms with Crippen molar-refractivity contribution in [2.45, 2.75) is 47.3 Å². The molecule has 2 aromatic heterocycles. The highest BCUT2D eigenvalue weighted by Crippen LogP contribution is 2.21. The first kappa shape index (κ1) is 20.5. The fraction of sp³-hybridized carbons (Fsp3) is 0.350. The summed E-state index contributed by atoms with van der Waals surface area (Å²) in [6.45, 7) is 10.3. The SMILES string of the molecule is CCn1cc(Br)c(CNC(=S)Nc2c(C)nn(Cc3ccc(C)cc3)c2C)n1. The van der Waals surface area contributed by atoms with Crippen molar-refractivity contribution in [3.8, 4) is 0 Å². The quantitative estimate of drug-likeness (QED) is 0.536. The van der Waals surface area contributed by atoms with E-state index in [-0.39, 0.29) is 0 Å². The normalized spacial score (nSPS) is 10.9. The van der Waals surface area contributed by atoms with E-state index in [1.54, 1.807) is 0 Å². The molecule has 3 aromatic rings. The maximum Gasteiger partial charge on any atom is 0.171 e. The number of hydrogen-bond acceptors (Lipinski definition) is 3. The second-order valence-electron chi connectivity index (χ2n) is 6.78. The fourth-order valence-corrected chi connectivity index (χ4v) is 3.57. The van der Waals surface area contributed by atoms with Crippen LogP contribution in [0.5, 0.6) is 0 Å². The Labute approximate surface area is 179 Å². The van der Waals surface area contributed by atoms with Crippen LogP contribution in [-0.4, -0.2) is 24.7 Å². The molecule has 1 aromatic carbocycles. The fourth-order valence-electron chi connectivity index (χ4n) is 2.94. The molecule has 0 saturated heterocycles. The molecule has 0 unspecified atom stereocenters. The molecule has 0 amide bonds. The molecule has 28 heavy (non-hydrogen) atoms. The standard InChI is InChI=1S/C20H25BrN6S/c1-5-26-12-17(21)18(25-26)10-22-20(28)23-19-14(3)24-27(15(19)4)11-16-8-6-13(2)7-9-16/h6-9,12H,5,10-11H2,1-4H3,(H2,22,23,28). The summed E-state index contributed by atoms with van der Waals surface area (Å²) >= 11 is 9.01. The summed E-state index contributed by atoms with van der Waals surface area (Å²) < 4.78 is 4.87. The molecule has 148 valence electrons. The lowest BCUT2D eigenvalue weighted by molar-refractivity contribution is 0.643. The molecule has 0 atom stereocenters. The van der Waals surface area contributed by atoms with Crippen LogP contribution in [-0.2, 0) is 19.6 Å². The predicted molar refractivity (Wildman–Crippen MR) is 121 cm³/mol. The molecule has 0 fully saturated rings. The molecule has 0 aliphatic rings. The second-order valence-corrected chi connectivity index (χ2v) is 8.04. The highest BCUT2D eigenvalue weighted by Gasteiger charge is 2.14. The van der Waals surface area contributed by atoms with Gasteiger partial charge in [-0.3, -0.25) is 9.36 Å². The number of thiocarbonyl (C=S) groups is 1. The van der Waals surface area contributed by atoms with E-state index in [2.05, 4.69) is 81.8 Å². The third kappa shape index (κ3) is 4.80. The number of halogens is 1. The average Bonchev–Trinajstić information content (AvgIpc) is 3.16. The third-order valence-electron chi connectivity index (χ3n) is 4.60. The number of hydrogen-bond donors (Lipinski definition) is 2. The van der Waals surface area contributed by atoms with Crippen LogP contribution in [0.4, 0.5) is 5.69 Å². The molecular formula is C20H25BrN6S. The van der Waals surface area contributed by atoms with Crippen LogP contribution in [0.3, 0.4) is 0 Å². The van der Waals surface area contributed by atoms with Crippen LogP contribution >= 0.6 is 28.1 Å². The molecule has 0 spiro atoms. The Morgan fingerprint density at radius 2 is 1.86 bits per heavy atom. The number of anilines is 1. The lowest BCUT2D eigenvalue weighted by atomic mass is 10.1. The maximum absolute atomic E-state index is 5.48. The van der Waals surface area contributed by atoms with Gasteiger partial charge in [0.25, 0.3) is 0 Å². The van der Waals surface area contributed by atoms with E-state index in [4.69, 9.17) is 12.2 Å². The summed E-state index contributed by atoms with van der Waals surface area (Å²) in [5.41, 5.74) is 6.33. The summed E-state index contributed by atoms with van der Waals surface area (Å²) in [6, 6.07) is 8.52. The smallest absolute Gasteiger partial charge is 0.171 e. The molecule has 3 rings (SSSR count). The highest BCUT2D eigenvalue weighted by atomic mass is 79.9. The highest BCUT2D eigenvalue weighted by molar-refractivity contribution is 9.10. The van der Waals surface area contributed by atoms with Crippen molar-refractivity contribution in [1.29, 1.82) is 0 Å². The van der Waals surface area contributed by atoms with Crippen molar-refractivity contribution in [3.05, 3.63) is 63.1 Å². The van der Waals surface area contributed by atoms with Crippen LogP contribution in [0.25, 0.3) is 0 Å². The van der Waals surface area contributed by atoms with Gasteiger partial charge in [0, 0.05) is 12.7 Å². The summed E-state index contributed by atoms with van der Waals surface area (Å²) in [6.07, 6.45) is 1.97. The predicted octanol–water partition coefficient (Wildman–Crippen LogP) is 4.32. The van der Waals surface area contributed by atoms with Gasteiger partial charge < -0.3 is 10.6 Å². The third-order valence-corrected chi connectivity index (χ3v) is 5.51. The van der Waals surface area contributed by atoms with E-state index >= 15 is 0 Å². The van der Waals surface area contributed by atoms with Gasteiger partial charge in [0.2, 0.25) is 0 Å². The van der Waals surface area contributed by atoms with Gasteiger partial charge in [0.15, 0.2) is 5.11 Å². The minimum Gasteiger partial charge on any atom is -0.357 e. The van der Waals surface area contributed by atoms with E-state index in [0.717, 1.165) is 40.3 Å². The Morgan fingerprint density at radius 3 is 2.50 bits per heavy atom. The minimum atomic E-state index is 0.551. The van der Waals surface area contributed by atoms with Gasteiger partial charge in [-0.25, -0.2) is 0 Å². The lowest BCUT2D eigenvalue weighted by Gasteiger charge is -2.11. The molecular weight excluding hydrogens is 436 g/mol. The molecule has 2 heterocycles. The Bertz CT molecular complexity index is 973. The lowest BCUT2D eigenvalue weighted by Crippen LogP contribution is -2.28. The Kier molecular flexibility index (Phi) is 6.51. The second kappa shape index (κ2) is 8.87. The zero-order valence-electron chi connectivity index (χ0n) is 16.6. The van der Waals surface area contributed by atoms with E-state index in [1.807, 2.05) is 22.5 Å². The Hall–Kier alpha value is -2.19. The van der Waals surface area contributed by atoms with Crippen molar-refractivity contribution in [2.24, 2.45) is 0 Å².